The molecule has 3 N–H and O–H groups in total. The second-order valence-electron chi connectivity index (χ2n) is 4.48. The van der Waals surface area contributed by atoms with Gasteiger partial charge in [-0.3, -0.25) is 5.41 Å². The van der Waals surface area contributed by atoms with E-state index in [1.54, 1.807) is 0 Å². The normalized spacial score (nSPS) is 19.6. The fourth-order valence-corrected chi connectivity index (χ4v) is 2.78. The fourth-order valence-electron chi connectivity index (χ4n) is 2.50. The molecule has 0 aromatic heterocycles. The second-order valence-corrected chi connectivity index (χ2v) is 4.88. The Kier molecular flexibility index (Phi) is 3.57. The van der Waals surface area contributed by atoms with E-state index in [1.165, 1.54) is 12.8 Å². The molecule has 1 aliphatic rings. The van der Waals surface area contributed by atoms with Gasteiger partial charge >= 0.3 is 0 Å². The lowest BCUT2D eigenvalue weighted by Crippen LogP contribution is -2.28. The van der Waals surface area contributed by atoms with Crippen LogP contribution in [0.2, 0.25) is 5.02 Å². The van der Waals surface area contributed by atoms with Crippen LogP contribution in [0.4, 0.5) is 5.69 Å². The number of halogens is 1. The Morgan fingerprint density at radius 2 is 2.35 bits per heavy atom. The minimum Gasteiger partial charge on any atom is -0.384 e. The van der Waals surface area contributed by atoms with Gasteiger partial charge in [0.25, 0.3) is 0 Å². The van der Waals surface area contributed by atoms with Crippen molar-refractivity contribution < 1.29 is 0 Å². The number of hydrogen-bond donors (Lipinski definition) is 2. The first kappa shape index (κ1) is 12.2. The molecule has 1 unspecified atom stereocenters. The quantitative estimate of drug-likeness (QED) is 0.641. The number of hydrogen-bond acceptors (Lipinski definition) is 2. The molecule has 1 heterocycles. The van der Waals surface area contributed by atoms with E-state index in [-0.39, 0.29) is 5.84 Å². The van der Waals surface area contributed by atoms with Crippen molar-refractivity contribution in [3.63, 3.8) is 0 Å². The summed E-state index contributed by atoms with van der Waals surface area (Å²) in [5.74, 6) is 0.0232. The highest BCUT2D eigenvalue weighted by molar-refractivity contribution is 6.34. The van der Waals surface area contributed by atoms with Gasteiger partial charge in [0.05, 0.1) is 5.02 Å². The highest BCUT2D eigenvalue weighted by Gasteiger charge is 2.23. The first-order valence-electron chi connectivity index (χ1n) is 6.04. The van der Waals surface area contributed by atoms with Gasteiger partial charge in [-0.1, -0.05) is 18.5 Å². The van der Waals surface area contributed by atoms with Crippen LogP contribution < -0.4 is 10.6 Å². The molecule has 0 radical (unpaired) electrons. The zero-order valence-electron chi connectivity index (χ0n) is 10.0. The number of benzene rings is 1. The van der Waals surface area contributed by atoms with Crippen LogP contribution in [-0.2, 0) is 0 Å². The Bertz CT molecular complexity index is 431. The van der Waals surface area contributed by atoms with E-state index in [1.807, 2.05) is 18.2 Å². The summed E-state index contributed by atoms with van der Waals surface area (Å²) in [6, 6.07) is 6.39. The first-order valence-corrected chi connectivity index (χ1v) is 6.42. The van der Waals surface area contributed by atoms with Gasteiger partial charge in [-0.2, -0.15) is 0 Å². The van der Waals surface area contributed by atoms with Crippen LogP contribution in [0.1, 0.15) is 31.7 Å². The molecule has 2 rings (SSSR count). The molecule has 0 spiro atoms. The molecule has 4 heteroatoms. The van der Waals surface area contributed by atoms with Crippen LogP contribution in [0.25, 0.3) is 0 Å². The topological polar surface area (TPSA) is 53.1 Å². The molecule has 1 atom stereocenters. The molecule has 0 amide bonds. The summed E-state index contributed by atoms with van der Waals surface area (Å²) in [5.41, 5.74) is 7.21. The molecule has 0 saturated carbocycles. The van der Waals surface area contributed by atoms with Crippen LogP contribution in [0, 0.1) is 5.41 Å². The molecule has 17 heavy (non-hydrogen) atoms. The summed E-state index contributed by atoms with van der Waals surface area (Å²) in [5, 5.41) is 7.98. The number of nitrogens with two attached hydrogens (primary N) is 1. The maximum absolute atomic E-state index is 7.41. The van der Waals surface area contributed by atoms with E-state index in [4.69, 9.17) is 22.7 Å². The van der Waals surface area contributed by atoms with Crippen LogP contribution in [0.3, 0.4) is 0 Å². The summed E-state index contributed by atoms with van der Waals surface area (Å²) >= 11 is 6.15. The van der Waals surface area contributed by atoms with Crippen molar-refractivity contribution in [1.82, 2.24) is 0 Å². The van der Waals surface area contributed by atoms with Gasteiger partial charge in [0, 0.05) is 23.8 Å². The van der Waals surface area contributed by atoms with Crippen molar-refractivity contribution in [1.29, 1.82) is 5.41 Å². The Hall–Kier alpha value is -1.22. The predicted octanol–water partition coefficient (Wildman–Crippen LogP) is 3.00. The van der Waals surface area contributed by atoms with Crippen molar-refractivity contribution in [2.45, 2.75) is 32.2 Å². The minimum atomic E-state index is 0.0232. The Morgan fingerprint density at radius 1 is 1.59 bits per heavy atom. The fraction of sp³-hybridized carbons (Fsp3) is 0.462. The number of amidine groups is 1. The van der Waals surface area contributed by atoms with Crippen molar-refractivity contribution in [2.75, 3.05) is 11.4 Å². The van der Waals surface area contributed by atoms with Crippen molar-refractivity contribution in [3.05, 3.63) is 28.8 Å². The third kappa shape index (κ3) is 2.39. The summed E-state index contributed by atoms with van der Waals surface area (Å²) in [6.45, 7) is 3.31. The van der Waals surface area contributed by atoms with Crippen LogP contribution in [0.15, 0.2) is 18.2 Å². The van der Waals surface area contributed by atoms with E-state index in [0.717, 1.165) is 18.7 Å². The predicted molar refractivity (Wildman–Crippen MR) is 73.1 cm³/mol. The summed E-state index contributed by atoms with van der Waals surface area (Å²) in [6.07, 6.45) is 3.65. The van der Waals surface area contributed by atoms with Gasteiger partial charge in [0.15, 0.2) is 0 Å². The first-order chi connectivity index (χ1) is 8.13. The molecule has 1 fully saturated rings. The molecular weight excluding hydrogens is 234 g/mol. The summed E-state index contributed by atoms with van der Waals surface area (Å²) in [4.78, 5) is 2.40. The standard InChI is InChI=1S/C13H18ClN3/c1-2-9-4-3-7-17(9)10-5-6-11(13(15)16)12(14)8-10/h5-6,8-9H,2-4,7H2,1H3,(H3,15,16). The lowest BCUT2D eigenvalue weighted by Gasteiger charge is -2.26. The number of anilines is 1. The Labute approximate surface area is 107 Å². The molecule has 1 aliphatic heterocycles. The van der Waals surface area contributed by atoms with Gasteiger partial charge in [-0.05, 0) is 37.5 Å². The summed E-state index contributed by atoms with van der Waals surface area (Å²) < 4.78 is 0. The lowest BCUT2D eigenvalue weighted by molar-refractivity contribution is 0.645. The molecule has 0 bridgehead atoms. The van der Waals surface area contributed by atoms with Gasteiger partial charge in [-0.25, -0.2) is 0 Å². The molecule has 1 saturated heterocycles. The molecule has 3 nitrogen and oxygen atoms in total. The second kappa shape index (κ2) is 4.96. The highest BCUT2D eigenvalue weighted by Crippen LogP contribution is 2.30. The van der Waals surface area contributed by atoms with E-state index in [0.29, 0.717) is 16.6 Å². The molecule has 1 aromatic rings. The monoisotopic (exact) mass is 251 g/mol. The SMILES string of the molecule is CCC1CCCN1c1ccc(C(=N)N)c(Cl)c1. The van der Waals surface area contributed by atoms with E-state index in [9.17, 15) is 0 Å². The zero-order valence-corrected chi connectivity index (χ0v) is 10.8. The number of nitrogen functional groups attached to an aromatic ring is 1. The van der Waals surface area contributed by atoms with Gasteiger partial charge in [0.2, 0.25) is 0 Å². The van der Waals surface area contributed by atoms with E-state index >= 15 is 0 Å². The molecule has 0 aliphatic carbocycles. The smallest absolute Gasteiger partial charge is 0.124 e. The Morgan fingerprint density at radius 3 is 2.94 bits per heavy atom. The number of nitrogens with zero attached hydrogens (tertiary/aromatic N) is 1. The average Bonchev–Trinajstić information content (AvgIpc) is 2.76. The maximum atomic E-state index is 7.41. The third-order valence-corrected chi connectivity index (χ3v) is 3.74. The van der Waals surface area contributed by atoms with Crippen LogP contribution >= 0.6 is 11.6 Å². The van der Waals surface area contributed by atoms with E-state index in [2.05, 4.69) is 11.8 Å². The maximum Gasteiger partial charge on any atom is 0.124 e. The van der Waals surface area contributed by atoms with Crippen molar-refractivity contribution in [2.24, 2.45) is 5.73 Å². The number of nitrogens with one attached hydrogen (secondary N) is 1. The highest BCUT2D eigenvalue weighted by atomic mass is 35.5. The van der Waals surface area contributed by atoms with Gasteiger partial charge < -0.3 is 10.6 Å². The molecular formula is C13H18ClN3. The third-order valence-electron chi connectivity index (χ3n) is 3.42. The van der Waals surface area contributed by atoms with Crippen molar-refractivity contribution in [3.8, 4) is 0 Å². The average molecular weight is 252 g/mol. The largest absolute Gasteiger partial charge is 0.384 e. The lowest BCUT2D eigenvalue weighted by atomic mass is 10.1. The minimum absolute atomic E-state index is 0.0232. The zero-order chi connectivity index (χ0) is 12.4. The van der Waals surface area contributed by atoms with Gasteiger partial charge in [0.1, 0.15) is 5.84 Å². The van der Waals surface area contributed by atoms with Crippen LogP contribution in [-0.4, -0.2) is 18.4 Å². The van der Waals surface area contributed by atoms with Crippen LogP contribution in [0.5, 0.6) is 0 Å². The summed E-state index contributed by atoms with van der Waals surface area (Å²) in [7, 11) is 0. The van der Waals surface area contributed by atoms with E-state index < -0.39 is 0 Å². The molecule has 92 valence electrons. The Balaban J connectivity index is 2.28. The van der Waals surface area contributed by atoms with Gasteiger partial charge in [-0.15, -0.1) is 0 Å². The molecule has 1 aromatic carbocycles. The van der Waals surface area contributed by atoms with Crippen molar-refractivity contribution >= 4 is 23.1 Å². The number of rotatable bonds is 3.